The van der Waals surface area contributed by atoms with E-state index in [1.165, 1.54) is 11.1 Å². The van der Waals surface area contributed by atoms with E-state index in [-0.39, 0.29) is 0 Å². The molecule has 3 nitrogen and oxygen atoms in total. The summed E-state index contributed by atoms with van der Waals surface area (Å²) in [7, 11) is 0. The zero-order chi connectivity index (χ0) is 11.5. The fraction of sp³-hybridized carbons (Fsp3) is 0.308. The van der Waals surface area contributed by atoms with Gasteiger partial charge in [-0.15, -0.1) is 0 Å². The third-order valence-corrected chi connectivity index (χ3v) is 2.92. The molecule has 0 aliphatic heterocycles. The van der Waals surface area contributed by atoms with E-state index >= 15 is 0 Å². The maximum atomic E-state index is 5.84. The Balaban J connectivity index is 2.58. The first kappa shape index (κ1) is 10.7. The monoisotopic (exact) mass is 215 g/mol. The first-order valence-corrected chi connectivity index (χ1v) is 5.68. The average Bonchev–Trinajstić information content (AvgIpc) is 2.70. The number of aryl methyl sites for hydroxylation is 1. The number of aromatic nitrogens is 2. The van der Waals surface area contributed by atoms with Gasteiger partial charge in [-0.25, -0.2) is 0 Å². The number of nitrogens with two attached hydrogens (primary N) is 1. The highest BCUT2D eigenvalue weighted by atomic mass is 15.2. The summed E-state index contributed by atoms with van der Waals surface area (Å²) >= 11 is 0. The molecule has 0 saturated heterocycles. The van der Waals surface area contributed by atoms with Crippen molar-refractivity contribution in [2.45, 2.75) is 26.7 Å². The second kappa shape index (κ2) is 4.39. The number of aromatic amines is 1. The average molecular weight is 215 g/mol. The molecule has 0 fully saturated rings. The lowest BCUT2D eigenvalue weighted by Crippen LogP contribution is -1.93. The van der Waals surface area contributed by atoms with E-state index in [9.17, 15) is 0 Å². The Kier molecular flexibility index (Phi) is 2.95. The van der Waals surface area contributed by atoms with Gasteiger partial charge in [0.25, 0.3) is 0 Å². The zero-order valence-electron chi connectivity index (χ0n) is 9.75. The van der Waals surface area contributed by atoms with Gasteiger partial charge in [0.05, 0.1) is 5.69 Å². The Morgan fingerprint density at radius 2 is 1.94 bits per heavy atom. The molecule has 84 valence electrons. The molecule has 1 aromatic carbocycles. The van der Waals surface area contributed by atoms with E-state index in [2.05, 4.69) is 42.2 Å². The van der Waals surface area contributed by atoms with Gasteiger partial charge in [-0.05, 0) is 18.4 Å². The van der Waals surface area contributed by atoms with Crippen molar-refractivity contribution >= 4 is 5.82 Å². The molecule has 16 heavy (non-hydrogen) atoms. The lowest BCUT2D eigenvalue weighted by Gasteiger charge is -2.07. The van der Waals surface area contributed by atoms with Gasteiger partial charge in [-0.2, -0.15) is 5.10 Å². The third kappa shape index (κ3) is 1.69. The van der Waals surface area contributed by atoms with E-state index in [0.29, 0.717) is 5.82 Å². The topological polar surface area (TPSA) is 54.7 Å². The lowest BCUT2D eigenvalue weighted by molar-refractivity contribution is 1.08. The van der Waals surface area contributed by atoms with Gasteiger partial charge in [0.15, 0.2) is 0 Å². The van der Waals surface area contributed by atoms with E-state index < -0.39 is 0 Å². The summed E-state index contributed by atoms with van der Waals surface area (Å²) in [5.74, 6) is 0.614. The molecule has 0 spiro atoms. The van der Waals surface area contributed by atoms with Crippen molar-refractivity contribution in [3.63, 3.8) is 0 Å². The summed E-state index contributed by atoms with van der Waals surface area (Å²) in [6.07, 6.45) is 1.91. The number of hydrogen-bond acceptors (Lipinski definition) is 2. The van der Waals surface area contributed by atoms with Gasteiger partial charge in [0.2, 0.25) is 0 Å². The van der Waals surface area contributed by atoms with Crippen LogP contribution in [0.15, 0.2) is 24.3 Å². The minimum Gasteiger partial charge on any atom is -0.382 e. The molecule has 3 N–H and O–H groups in total. The molecule has 0 saturated carbocycles. The van der Waals surface area contributed by atoms with Crippen LogP contribution < -0.4 is 5.73 Å². The number of rotatable bonds is 3. The summed E-state index contributed by atoms with van der Waals surface area (Å²) in [5, 5.41) is 7.13. The fourth-order valence-corrected chi connectivity index (χ4v) is 2.03. The van der Waals surface area contributed by atoms with Crippen molar-refractivity contribution in [3.8, 4) is 11.3 Å². The number of benzene rings is 1. The van der Waals surface area contributed by atoms with Crippen molar-refractivity contribution < 1.29 is 0 Å². The Hall–Kier alpha value is -1.77. The predicted molar refractivity (Wildman–Crippen MR) is 67.2 cm³/mol. The Morgan fingerprint density at radius 1 is 1.19 bits per heavy atom. The zero-order valence-corrected chi connectivity index (χ0v) is 9.75. The molecule has 0 aliphatic rings. The predicted octanol–water partition coefficient (Wildman–Crippen LogP) is 2.78. The quantitative estimate of drug-likeness (QED) is 0.827. The van der Waals surface area contributed by atoms with Gasteiger partial charge in [-0.1, -0.05) is 38.1 Å². The van der Waals surface area contributed by atoms with Gasteiger partial charge in [0.1, 0.15) is 5.82 Å². The molecular weight excluding hydrogens is 198 g/mol. The third-order valence-electron chi connectivity index (χ3n) is 2.92. The molecule has 0 amide bonds. The number of anilines is 1. The smallest absolute Gasteiger partial charge is 0.149 e. The highest BCUT2D eigenvalue weighted by molar-refractivity contribution is 5.70. The standard InChI is InChI=1S/C13H17N3/c1-3-9-7-5-6-8-11(9)12-10(4-2)13(14)16-15-12/h5-8H,3-4H2,1-2H3,(H3,14,15,16). The molecule has 3 heteroatoms. The molecular formula is C13H17N3. The highest BCUT2D eigenvalue weighted by Crippen LogP contribution is 2.28. The minimum absolute atomic E-state index is 0.614. The number of H-pyrrole nitrogens is 1. The molecule has 0 radical (unpaired) electrons. The Bertz CT molecular complexity index is 486. The van der Waals surface area contributed by atoms with Crippen molar-refractivity contribution in [2.24, 2.45) is 0 Å². The van der Waals surface area contributed by atoms with Crippen LogP contribution in [0.25, 0.3) is 11.3 Å². The summed E-state index contributed by atoms with van der Waals surface area (Å²) in [4.78, 5) is 0. The summed E-state index contributed by atoms with van der Waals surface area (Å²) in [6.45, 7) is 4.25. The van der Waals surface area contributed by atoms with Crippen LogP contribution in [-0.4, -0.2) is 10.2 Å². The molecule has 2 rings (SSSR count). The Labute approximate surface area is 95.7 Å². The normalized spacial score (nSPS) is 10.6. The van der Waals surface area contributed by atoms with Crippen molar-refractivity contribution in [1.82, 2.24) is 10.2 Å². The molecule has 0 atom stereocenters. The minimum atomic E-state index is 0.614. The summed E-state index contributed by atoms with van der Waals surface area (Å²) in [6, 6.07) is 8.37. The van der Waals surface area contributed by atoms with Crippen LogP contribution in [0, 0.1) is 0 Å². The highest BCUT2D eigenvalue weighted by Gasteiger charge is 2.12. The van der Waals surface area contributed by atoms with Crippen LogP contribution >= 0.6 is 0 Å². The van der Waals surface area contributed by atoms with Crippen LogP contribution in [0.5, 0.6) is 0 Å². The van der Waals surface area contributed by atoms with E-state index in [0.717, 1.165) is 24.1 Å². The van der Waals surface area contributed by atoms with Crippen LogP contribution in [0.1, 0.15) is 25.0 Å². The number of nitrogens with one attached hydrogen (secondary N) is 1. The number of nitrogens with zero attached hydrogens (tertiary/aromatic N) is 1. The van der Waals surface area contributed by atoms with Crippen LogP contribution in [0.3, 0.4) is 0 Å². The van der Waals surface area contributed by atoms with E-state index in [1.807, 2.05) is 6.07 Å². The van der Waals surface area contributed by atoms with Crippen molar-refractivity contribution in [1.29, 1.82) is 0 Å². The largest absolute Gasteiger partial charge is 0.382 e. The molecule has 1 aromatic heterocycles. The lowest BCUT2D eigenvalue weighted by atomic mass is 9.99. The summed E-state index contributed by atoms with van der Waals surface area (Å²) < 4.78 is 0. The first-order chi connectivity index (χ1) is 7.77. The van der Waals surface area contributed by atoms with Gasteiger partial charge in [-0.3, -0.25) is 5.10 Å². The van der Waals surface area contributed by atoms with E-state index in [4.69, 9.17) is 5.73 Å². The molecule has 0 unspecified atom stereocenters. The molecule has 1 heterocycles. The fourth-order valence-electron chi connectivity index (χ4n) is 2.03. The van der Waals surface area contributed by atoms with Crippen LogP contribution in [0.4, 0.5) is 5.82 Å². The number of hydrogen-bond donors (Lipinski definition) is 2. The van der Waals surface area contributed by atoms with E-state index in [1.54, 1.807) is 0 Å². The van der Waals surface area contributed by atoms with Crippen LogP contribution in [0.2, 0.25) is 0 Å². The maximum absolute atomic E-state index is 5.84. The number of nitrogen functional groups attached to an aromatic ring is 1. The summed E-state index contributed by atoms with van der Waals surface area (Å²) in [5.41, 5.74) is 10.6. The van der Waals surface area contributed by atoms with Crippen LogP contribution in [-0.2, 0) is 12.8 Å². The molecule has 0 bridgehead atoms. The second-order valence-electron chi connectivity index (χ2n) is 3.83. The maximum Gasteiger partial charge on any atom is 0.149 e. The first-order valence-electron chi connectivity index (χ1n) is 5.68. The van der Waals surface area contributed by atoms with Crippen molar-refractivity contribution in [2.75, 3.05) is 5.73 Å². The van der Waals surface area contributed by atoms with Gasteiger partial charge >= 0.3 is 0 Å². The molecule has 0 aliphatic carbocycles. The van der Waals surface area contributed by atoms with Crippen molar-refractivity contribution in [3.05, 3.63) is 35.4 Å². The Morgan fingerprint density at radius 3 is 2.62 bits per heavy atom. The molecule has 2 aromatic rings. The second-order valence-corrected chi connectivity index (χ2v) is 3.83. The SMILES string of the molecule is CCc1ccccc1-c1[nH]nc(N)c1CC. The van der Waals surface area contributed by atoms with Gasteiger partial charge in [0, 0.05) is 11.1 Å². The van der Waals surface area contributed by atoms with Gasteiger partial charge < -0.3 is 5.73 Å².